The molecule has 0 spiro atoms. The maximum Gasteiger partial charge on any atom is 0.407 e. The molecule has 2 rings (SSSR count). The number of likely N-dealkylation sites (tertiary alicyclic amines) is 1. The van der Waals surface area contributed by atoms with Crippen LogP contribution in [0.15, 0.2) is 17.1 Å². The van der Waals surface area contributed by atoms with Crippen LogP contribution in [0.3, 0.4) is 0 Å². The molecular weight excluding hydrogens is 258 g/mol. The maximum absolute atomic E-state index is 11.7. The Bertz CT molecular complexity index is 495. The van der Waals surface area contributed by atoms with Crippen molar-refractivity contribution in [3.8, 4) is 0 Å². The van der Waals surface area contributed by atoms with Crippen LogP contribution in [0.5, 0.6) is 0 Å². The fourth-order valence-corrected chi connectivity index (χ4v) is 2.26. The predicted octanol–water partition coefficient (Wildman–Crippen LogP) is 1.29. The summed E-state index contributed by atoms with van der Waals surface area (Å²) < 4.78 is 1.35. The Morgan fingerprint density at radius 3 is 2.78 bits per heavy atom. The van der Waals surface area contributed by atoms with E-state index in [-0.39, 0.29) is 16.5 Å². The normalized spacial score (nSPS) is 16.8. The van der Waals surface area contributed by atoms with Crippen molar-refractivity contribution in [1.82, 2.24) is 14.7 Å². The lowest BCUT2D eigenvalue weighted by Crippen LogP contribution is -2.39. The number of nitrogens with zero attached hydrogens (tertiary/aromatic N) is 3. The summed E-state index contributed by atoms with van der Waals surface area (Å²) in [5.74, 6) is 0.268. The Labute approximate surface area is 109 Å². The molecule has 98 valence electrons. The van der Waals surface area contributed by atoms with Crippen molar-refractivity contribution in [3.63, 3.8) is 0 Å². The van der Waals surface area contributed by atoms with Crippen LogP contribution < -0.4 is 5.56 Å². The van der Waals surface area contributed by atoms with Gasteiger partial charge in [0.25, 0.3) is 5.56 Å². The lowest BCUT2D eigenvalue weighted by atomic mass is 9.97. The highest BCUT2D eigenvalue weighted by atomic mass is 35.5. The topological polar surface area (TPSA) is 75.4 Å². The van der Waals surface area contributed by atoms with Crippen LogP contribution >= 0.6 is 11.6 Å². The maximum atomic E-state index is 11.7. The third-order valence-corrected chi connectivity index (χ3v) is 3.47. The Morgan fingerprint density at radius 1 is 1.50 bits per heavy atom. The first-order valence-corrected chi connectivity index (χ1v) is 6.15. The molecule has 1 aromatic rings. The second-order valence-electron chi connectivity index (χ2n) is 4.38. The van der Waals surface area contributed by atoms with Gasteiger partial charge in [0.2, 0.25) is 0 Å². The molecule has 0 unspecified atom stereocenters. The third kappa shape index (κ3) is 2.81. The van der Waals surface area contributed by atoms with Crippen LogP contribution in [0.1, 0.15) is 12.8 Å². The van der Waals surface area contributed by atoms with E-state index in [1.807, 2.05) is 0 Å². The van der Waals surface area contributed by atoms with E-state index in [0.717, 1.165) is 12.8 Å². The van der Waals surface area contributed by atoms with Gasteiger partial charge >= 0.3 is 6.09 Å². The van der Waals surface area contributed by atoms with Gasteiger partial charge < -0.3 is 10.0 Å². The SMILES string of the molecule is O=C(O)N1CCC(Cn2nccc(Cl)c2=O)CC1. The molecule has 1 amide bonds. The quantitative estimate of drug-likeness (QED) is 0.879. The van der Waals surface area contributed by atoms with Gasteiger partial charge in [0.1, 0.15) is 5.02 Å². The fraction of sp³-hybridized carbons (Fsp3) is 0.545. The minimum Gasteiger partial charge on any atom is -0.465 e. The van der Waals surface area contributed by atoms with Gasteiger partial charge in [-0.2, -0.15) is 5.10 Å². The van der Waals surface area contributed by atoms with Crippen LogP contribution in [0.4, 0.5) is 4.79 Å². The number of carboxylic acid groups (broad SMARTS) is 1. The zero-order valence-electron chi connectivity index (χ0n) is 9.75. The molecule has 1 saturated heterocycles. The van der Waals surface area contributed by atoms with Gasteiger partial charge in [0.15, 0.2) is 0 Å². The van der Waals surface area contributed by atoms with Crippen molar-refractivity contribution in [2.45, 2.75) is 19.4 Å². The van der Waals surface area contributed by atoms with Gasteiger partial charge in [-0.3, -0.25) is 4.79 Å². The minimum atomic E-state index is -0.883. The van der Waals surface area contributed by atoms with E-state index >= 15 is 0 Å². The number of aromatic nitrogens is 2. The minimum absolute atomic E-state index is 0.160. The molecule has 0 bridgehead atoms. The molecular formula is C11H14ClN3O3. The zero-order chi connectivity index (χ0) is 13.1. The molecule has 1 aromatic heterocycles. The number of piperidine rings is 1. The molecule has 0 atom stereocenters. The molecule has 6 nitrogen and oxygen atoms in total. The van der Waals surface area contributed by atoms with Gasteiger partial charge in [-0.1, -0.05) is 11.6 Å². The Hall–Kier alpha value is -1.56. The molecule has 2 heterocycles. The summed E-state index contributed by atoms with van der Waals surface area (Å²) in [4.78, 5) is 23.8. The summed E-state index contributed by atoms with van der Waals surface area (Å²) in [5, 5.41) is 13.0. The molecule has 1 aliphatic rings. The summed E-state index contributed by atoms with van der Waals surface area (Å²) >= 11 is 5.74. The van der Waals surface area contributed by atoms with Crippen molar-refractivity contribution >= 4 is 17.7 Å². The van der Waals surface area contributed by atoms with Gasteiger partial charge in [-0.25, -0.2) is 9.48 Å². The van der Waals surface area contributed by atoms with E-state index in [1.165, 1.54) is 21.8 Å². The molecule has 1 aliphatic heterocycles. The summed E-state index contributed by atoms with van der Waals surface area (Å²) in [6, 6.07) is 1.47. The average molecular weight is 272 g/mol. The monoisotopic (exact) mass is 271 g/mol. The third-order valence-electron chi connectivity index (χ3n) is 3.18. The van der Waals surface area contributed by atoms with E-state index in [4.69, 9.17) is 16.7 Å². The molecule has 0 aromatic carbocycles. The largest absolute Gasteiger partial charge is 0.465 e. The number of rotatable bonds is 2. The van der Waals surface area contributed by atoms with Crippen LogP contribution in [0.2, 0.25) is 5.02 Å². The highest BCUT2D eigenvalue weighted by molar-refractivity contribution is 6.30. The van der Waals surface area contributed by atoms with Crippen LogP contribution in [0, 0.1) is 5.92 Å². The molecule has 18 heavy (non-hydrogen) atoms. The Morgan fingerprint density at radius 2 is 2.17 bits per heavy atom. The van der Waals surface area contributed by atoms with Crippen molar-refractivity contribution in [3.05, 3.63) is 27.6 Å². The van der Waals surface area contributed by atoms with E-state index < -0.39 is 6.09 Å². The van der Waals surface area contributed by atoms with E-state index in [2.05, 4.69) is 5.10 Å². The number of hydrogen-bond donors (Lipinski definition) is 1. The van der Waals surface area contributed by atoms with Gasteiger partial charge in [0, 0.05) is 25.8 Å². The van der Waals surface area contributed by atoms with Crippen molar-refractivity contribution in [1.29, 1.82) is 0 Å². The number of halogens is 1. The number of hydrogen-bond acceptors (Lipinski definition) is 3. The van der Waals surface area contributed by atoms with Gasteiger partial charge in [0.05, 0.1) is 0 Å². The molecule has 1 fully saturated rings. The summed E-state index contributed by atoms with van der Waals surface area (Å²) in [6.07, 6.45) is 2.10. The first-order chi connectivity index (χ1) is 8.58. The lowest BCUT2D eigenvalue weighted by molar-refractivity contribution is 0.120. The van der Waals surface area contributed by atoms with Crippen molar-refractivity contribution in [2.24, 2.45) is 5.92 Å². The van der Waals surface area contributed by atoms with Crippen molar-refractivity contribution in [2.75, 3.05) is 13.1 Å². The fourth-order valence-electron chi connectivity index (χ4n) is 2.11. The zero-order valence-corrected chi connectivity index (χ0v) is 10.5. The van der Waals surface area contributed by atoms with Gasteiger partial charge in [-0.05, 0) is 24.8 Å². The van der Waals surface area contributed by atoms with E-state index in [0.29, 0.717) is 19.6 Å². The Balaban J connectivity index is 1.98. The molecule has 1 N–H and O–H groups in total. The van der Waals surface area contributed by atoms with Crippen LogP contribution in [-0.4, -0.2) is 39.0 Å². The average Bonchev–Trinajstić information content (AvgIpc) is 2.36. The molecule has 0 saturated carbocycles. The van der Waals surface area contributed by atoms with E-state index in [9.17, 15) is 9.59 Å². The second kappa shape index (κ2) is 5.39. The molecule has 0 aliphatic carbocycles. The first-order valence-electron chi connectivity index (χ1n) is 5.77. The summed E-state index contributed by atoms with van der Waals surface area (Å²) in [7, 11) is 0. The van der Waals surface area contributed by atoms with Crippen LogP contribution in [0.25, 0.3) is 0 Å². The lowest BCUT2D eigenvalue weighted by Gasteiger charge is -2.29. The van der Waals surface area contributed by atoms with Gasteiger partial charge in [-0.15, -0.1) is 0 Å². The summed E-state index contributed by atoms with van der Waals surface area (Å²) in [5.41, 5.74) is -0.292. The van der Waals surface area contributed by atoms with Crippen LogP contribution in [-0.2, 0) is 6.54 Å². The predicted molar refractivity (Wildman–Crippen MR) is 65.8 cm³/mol. The Kier molecular flexibility index (Phi) is 3.86. The second-order valence-corrected chi connectivity index (χ2v) is 4.79. The number of amides is 1. The standard InChI is InChI=1S/C11H14ClN3O3/c12-9-1-4-13-15(10(9)16)7-8-2-5-14(6-3-8)11(17)18/h1,4,8H,2-3,5-7H2,(H,17,18). The smallest absolute Gasteiger partial charge is 0.407 e. The number of carbonyl (C=O) groups is 1. The highest BCUT2D eigenvalue weighted by Gasteiger charge is 2.23. The summed E-state index contributed by atoms with van der Waals surface area (Å²) in [6.45, 7) is 1.51. The first kappa shape index (κ1) is 12.9. The van der Waals surface area contributed by atoms with Crippen molar-refractivity contribution < 1.29 is 9.90 Å². The van der Waals surface area contributed by atoms with E-state index in [1.54, 1.807) is 0 Å². The highest BCUT2D eigenvalue weighted by Crippen LogP contribution is 2.18. The molecule has 0 radical (unpaired) electrons. The molecule has 7 heteroatoms.